The lowest BCUT2D eigenvalue weighted by Gasteiger charge is -2.27. The first-order valence-electron chi connectivity index (χ1n) is 7.77. The largest absolute Gasteiger partial charge is 0.337 e. The number of hydrogen-bond donors (Lipinski definition) is 1. The third-order valence-corrected chi connectivity index (χ3v) is 4.56. The van der Waals surface area contributed by atoms with Gasteiger partial charge in [0.1, 0.15) is 0 Å². The van der Waals surface area contributed by atoms with E-state index in [1.807, 2.05) is 35.4 Å². The Hall–Kier alpha value is -1.00. The molecule has 1 amide bonds. The van der Waals surface area contributed by atoms with Crippen LogP contribution in [0.1, 0.15) is 37.0 Å². The summed E-state index contributed by atoms with van der Waals surface area (Å²) in [4.78, 5) is 16.0. The first-order valence-corrected chi connectivity index (χ1v) is 8.99. The van der Waals surface area contributed by atoms with E-state index in [-0.39, 0.29) is 5.91 Å². The van der Waals surface area contributed by atoms with E-state index in [0.29, 0.717) is 12.0 Å². The van der Waals surface area contributed by atoms with Crippen LogP contribution in [0.4, 0.5) is 0 Å². The summed E-state index contributed by atoms with van der Waals surface area (Å²) >= 11 is 1.70. The maximum atomic E-state index is 12.8. The zero-order valence-electron chi connectivity index (χ0n) is 13.3. The van der Waals surface area contributed by atoms with Crippen molar-refractivity contribution in [2.75, 3.05) is 25.9 Å². The lowest BCUT2D eigenvalue weighted by Crippen LogP contribution is -2.42. The highest BCUT2D eigenvalue weighted by atomic mass is 32.2. The van der Waals surface area contributed by atoms with Crippen LogP contribution in [0.15, 0.2) is 29.2 Å². The highest BCUT2D eigenvalue weighted by molar-refractivity contribution is 7.98. The van der Waals surface area contributed by atoms with Crippen LogP contribution < -0.4 is 5.32 Å². The van der Waals surface area contributed by atoms with Crippen LogP contribution in [0.5, 0.6) is 0 Å². The fourth-order valence-electron chi connectivity index (χ4n) is 2.78. The van der Waals surface area contributed by atoms with E-state index < -0.39 is 0 Å². The van der Waals surface area contributed by atoms with Crippen molar-refractivity contribution in [1.82, 2.24) is 10.2 Å². The number of thioether (sulfide) groups is 1. The summed E-state index contributed by atoms with van der Waals surface area (Å²) < 4.78 is 0. The maximum Gasteiger partial charge on any atom is 0.253 e. The molecule has 4 heteroatoms. The predicted octanol–water partition coefficient (Wildman–Crippen LogP) is 3.26. The molecule has 0 aliphatic carbocycles. The fourth-order valence-corrected chi connectivity index (χ4v) is 3.18. The number of carbonyl (C=O) groups excluding carboxylic acids is 1. The molecule has 1 aromatic rings. The topological polar surface area (TPSA) is 32.3 Å². The van der Waals surface area contributed by atoms with Gasteiger partial charge < -0.3 is 10.2 Å². The molecule has 1 aliphatic heterocycles. The van der Waals surface area contributed by atoms with E-state index in [2.05, 4.69) is 19.2 Å². The number of nitrogens with zero attached hydrogens (tertiary/aromatic N) is 1. The molecule has 1 atom stereocenters. The van der Waals surface area contributed by atoms with Crippen molar-refractivity contribution < 1.29 is 4.79 Å². The number of hydrogen-bond acceptors (Lipinski definition) is 3. The van der Waals surface area contributed by atoms with Gasteiger partial charge in [0.05, 0.1) is 0 Å². The molecule has 116 valence electrons. The van der Waals surface area contributed by atoms with Gasteiger partial charge in [0, 0.05) is 29.6 Å². The summed E-state index contributed by atoms with van der Waals surface area (Å²) in [5.74, 6) is 0.644. The molecule has 1 saturated heterocycles. The van der Waals surface area contributed by atoms with E-state index in [0.717, 1.165) is 25.2 Å². The summed E-state index contributed by atoms with van der Waals surface area (Å²) in [5.41, 5.74) is 0.798. The van der Waals surface area contributed by atoms with Crippen LogP contribution >= 0.6 is 11.8 Å². The van der Waals surface area contributed by atoms with E-state index in [1.54, 1.807) is 11.8 Å². The van der Waals surface area contributed by atoms with Gasteiger partial charge in [0.25, 0.3) is 5.91 Å². The Morgan fingerprint density at radius 3 is 2.62 bits per heavy atom. The molecule has 0 aromatic heterocycles. The van der Waals surface area contributed by atoms with Gasteiger partial charge >= 0.3 is 0 Å². The molecule has 0 spiro atoms. The van der Waals surface area contributed by atoms with Crippen LogP contribution in [0.2, 0.25) is 0 Å². The van der Waals surface area contributed by atoms with Crippen molar-refractivity contribution in [2.24, 2.45) is 5.92 Å². The highest BCUT2D eigenvalue weighted by Crippen LogP contribution is 2.17. The van der Waals surface area contributed by atoms with Gasteiger partial charge in [-0.25, -0.2) is 0 Å². The molecule has 0 saturated carbocycles. The summed E-state index contributed by atoms with van der Waals surface area (Å²) in [6.45, 7) is 7.05. The Balaban J connectivity index is 2.07. The summed E-state index contributed by atoms with van der Waals surface area (Å²) in [6.07, 6.45) is 4.44. The van der Waals surface area contributed by atoms with Gasteiger partial charge in [-0.2, -0.15) is 0 Å². The van der Waals surface area contributed by atoms with Gasteiger partial charge in [0.2, 0.25) is 0 Å². The molecule has 1 unspecified atom stereocenters. The monoisotopic (exact) mass is 306 g/mol. The second-order valence-electron chi connectivity index (χ2n) is 6.13. The first kappa shape index (κ1) is 16.4. The number of carbonyl (C=O) groups is 1. The fraction of sp³-hybridized carbons (Fsp3) is 0.588. The van der Waals surface area contributed by atoms with Crippen LogP contribution in [0.25, 0.3) is 0 Å². The van der Waals surface area contributed by atoms with Gasteiger partial charge in [0.15, 0.2) is 0 Å². The third kappa shape index (κ3) is 4.75. The molecule has 0 bridgehead atoms. The standard InChI is InChI=1S/C17H26N2OS/c1-13(2)11-19(12-15-5-4-10-18-15)17(20)14-6-8-16(21-3)9-7-14/h6-9,13,15,18H,4-5,10-12H2,1-3H3. The normalized spacial score (nSPS) is 18.2. The van der Waals surface area contributed by atoms with Gasteiger partial charge in [-0.05, 0) is 55.8 Å². The Morgan fingerprint density at radius 2 is 2.10 bits per heavy atom. The Bertz CT molecular complexity index is 452. The van der Waals surface area contributed by atoms with Crippen molar-refractivity contribution in [3.63, 3.8) is 0 Å². The minimum Gasteiger partial charge on any atom is -0.337 e. The molecule has 2 rings (SSSR count). The van der Waals surface area contributed by atoms with Gasteiger partial charge in [-0.3, -0.25) is 4.79 Å². The van der Waals surface area contributed by atoms with E-state index in [4.69, 9.17) is 0 Å². The van der Waals surface area contributed by atoms with Gasteiger partial charge in [-0.1, -0.05) is 13.8 Å². The van der Waals surface area contributed by atoms with E-state index in [1.165, 1.54) is 17.7 Å². The number of amides is 1. The molecular formula is C17H26N2OS. The average Bonchev–Trinajstić information content (AvgIpc) is 2.98. The molecule has 1 aromatic carbocycles. The molecule has 0 radical (unpaired) electrons. The number of rotatable bonds is 6. The van der Waals surface area contributed by atoms with Crippen molar-refractivity contribution in [1.29, 1.82) is 0 Å². The van der Waals surface area contributed by atoms with Crippen LogP contribution in [-0.2, 0) is 0 Å². The smallest absolute Gasteiger partial charge is 0.253 e. The quantitative estimate of drug-likeness (QED) is 0.819. The lowest BCUT2D eigenvalue weighted by molar-refractivity contribution is 0.0721. The minimum atomic E-state index is 0.157. The zero-order valence-corrected chi connectivity index (χ0v) is 14.1. The summed E-state index contributed by atoms with van der Waals surface area (Å²) in [7, 11) is 0. The molecule has 3 nitrogen and oxygen atoms in total. The van der Waals surface area contributed by atoms with Crippen LogP contribution in [-0.4, -0.2) is 42.7 Å². The Kier molecular flexibility index (Phi) is 6.12. The van der Waals surface area contributed by atoms with Crippen molar-refractivity contribution in [2.45, 2.75) is 37.6 Å². The zero-order chi connectivity index (χ0) is 15.2. The van der Waals surface area contributed by atoms with Gasteiger partial charge in [-0.15, -0.1) is 11.8 Å². The van der Waals surface area contributed by atoms with Crippen molar-refractivity contribution in [3.8, 4) is 0 Å². The molecule has 1 heterocycles. The second kappa shape index (κ2) is 7.85. The van der Waals surface area contributed by atoms with Crippen LogP contribution in [0, 0.1) is 5.92 Å². The summed E-state index contributed by atoms with van der Waals surface area (Å²) in [6, 6.07) is 8.41. The minimum absolute atomic E-state index is 0.157. The molecule has 1 aliphatic rings. The average molecular weight is 306 g/mol. The molecular weight excluding hydrogens is 280 g/mol. The predicted molar refractivity (Wildman–Crippen MR) is 90.0 cm³/mol. The highest BCUT2D eigenvalue weighted by Gasteiger charge is 2.23. The molecule has 1 fully saturated rings. The first-order chi connectivity index (χ1) is 10.1. The Morgan fingerprint density at radius 1 is 1.38 bits per heavy atom. The SMILES string of the molecule is CSc1ccc(C(=O)N(CC(C)C)CC2CCCN2)cc1. The lowest BCUT2D eigenvalue weighted by atomic mass is 10.1. The van der Waals surface area contributed by atoms with E-state index in [9.17, 15) is 4.79 Å². The second-order valence-corrected chi connectivity index (χ2v) is 7.01. The maximum absolute atomic E-state index is 12.8. The molecule has 1 N–H and O–H groups in total. The number of nitrogens with one attached hydrogen (secondary N) is 1. The Labute approximate surface area is 132 Å². The van der Waals surface area contributed by atoms with Crippen molar-refractivity contribution >= 4 is 17.7 Å². The third-order valence-electron chi connectivity index (χ3n) is 3.81. The van der Waals surface area contributed by atoms with Crippen LogP contribution in [0.3, 0.4) is 0 Å². The van der Waals surface area contributed by atoms with E-state index >= 15 is 0 Å². The number of benzene rings is 1. The summed E-state index contributed by atoms with van der Waals surface area (Å²) in [5, 5.41) is 3.49. The van der Waals surface area contributed by atoms with Crippen molar-refractivity contribution in [3.05, 3.63) is 29.8 Å². The molecule has 21 heavy (non-hydrogen) atoms.